The fourth-order valence-electron chi connectivity index (χ4n) is 4.05. The highest BCUT2D eigenvalue weighted by atomic mass is 16.7. The lowest BCUT2D eigenvalue weighted by Crippen LogP contribution is -2.38. The van der Waals surface area contributed by atoms with E-state index < -0.39 is 24.2 Å². The lowest BCUT2D eigenvalue weighted by molar-refractivity contribution is -0.504. The largest absolute Gasteiger partial charge is 0.435 e. The van der Waals surface area contributed by atoms with Crippen LogP contribution in [0.3, 0.4) is 0 Å². The van der Waals surface area contributed by atoms with E-state index in [9.17, 15) is 14.9 Å². The van der Waals surface area contributed by atoms with Crippen molar-refractivity contribution in [2.24, 2.45) is 29.6 Å². The minimum Gasteiger partial charge on any atom is -0.435 e. The Balaban J connectivity index is 1.67. The van der Waals surface area contributed by atoms with Gasteiger partial charge in [0, 0.05) is 4.92 Å². The van der Waals surface area contributed by atoms with Crippen LogP contribution in [0.2, 0.25) is 0 Å². The number of nitro groups is 1. The van der Waals surface area contributed by atoms with Crippen molar-refractivity contribution < 1.29 is 19.2 Å². The second-order valence-electron chi connectivity index (χ2n) is 7.18. The van der Waals surface area contributed by atoms with Gasteiger partial charge in [-0.2, -0.15) is 0 Å². The fourth-order valence-corrected chi connectivity index (χ4v) is 4.05. The zero-order valence-corrected chi connectivity index (χ0v) is 12.7. The molecule has 21 heavy (non-hydrogen) atoms. The van der Waals surface area contributed by atoms with Gasteiger partial charge in [-0.15, -0.1) is 0 Å². The highest BCUT2D eigenvalue weighted by molar-refractivity contribution is 5.80. The normalized spacial score (nSPS) is 45.3. The summed E-state index contributed by atoms with van der Waals surface area (Å²) >= 11 is 0. The molecule has 2 aliphatic carbocycles. The molecule has 0 spiro atoms. The second-order valence-corrected chi connectivity index (χ2v) is 7.18. The number of ether oxygens (including phenoxy) is 2. The third-order valence-corrected chi connectivity index (χ3v) is 5.37. The molecular formula is C15H23NO5. The molecule has 1 saturated heterocycles. The zero-order chi connectivity index (χ0) is 15.3. The SMILES string of the molecule is CC(C)[C@@H]1CC[C@@H](C)C[C@H]1O[C@@H]1OC(=O)[C@@H]2[C@H]1[C@H]2[N+](=O)[O-]. The van der Waals surface area contributed by atoms with Gasteiger partial charge < -0.3 is 9.47 Å². The van der Waals surface area contributed by atoms with E-state index in [0.29, 0.717) is 17.8 Å². The highest BCUT2D eigenvalue weighted by Crippen LogP contribution is 2.52. The van der Waals surface area contributed by atoms with Crippen LogP contribution in [0, 0.1) is 39.7 Å². The molecule has 0 aromatic rings. The van der Waals surface area contributed by atoms with Gasteiger partial charge in [-0.3, -0.25) is 14.9 Å². The molecule has 2 saturated carbocycles. The standard InChI is InChI=1S/C15H23NO5/c1-7(2)9-5-4-8(3)6-10(9)20-15-12-11(14(17)21-15)13(12)16(18)19/h7-13,15H,4-6H2,1-3H3/t8-,9+,10-,11-,12+,13+,15-/m1/s1. The van der Waals surface area contributed by atoms with Crippen LogP contribution in [0.4, 0.5) is 0 Å². The predicted molar refractivity (Wildman–Crippen MR) is 73.9 cm³/mol. The zero-order valence-electron chi connectivity index (χ0n) is 12.7. The average Bonchev–Trinajstić information content (AvgIpc) is 3.05. The molecule has 0 aromatic carbocycles. The summed E-state index contributed by atoms with van der Waals surface area (Å²) in [4.78, 5) is 22.2. The molecule has 7 atom stereocenters. The van der Waals surface area contributed by atoms with E-state index in [4.69, 9.17) is 9.47 Å². The van der Waals surface area contributed by atoms with Crippen molar-refractivity contribution in [2.45, 2.75) is 58.5 Å². The Morgan fingerprint density at radius 1 is 1.38 bits per heavy atom. The summed E-state index contributed by atoms with van der Waals surface area (Å²) in [5.41, 5.74) is 0. The monoisotopic (exact) mass is 297 g/mol. The molecule has 3 aliphatic rings. The van der Waals surface area contributed by atoms with Crippen LogP contribution in [0.5, 0.6) is 0 Å². The summed E-state index contributed by atoms with van der Waals surface area (Å²) in [6, 6.07) is -0.797. The minimum absolute atomic E-state index is 0.0401. The third-order valence-electron chi connectivity index (χ3n) is 5.37. The summed E-state index contributed by atoms with van der Waals surface area (Å²) < 4.78 is 11.3. The average molecular weight is 297 g/mol. The van der Waals surface area contributed by atoms with Crippen LogP contribution in [0.15, 0.2) is 0 Å². The van der Waals surface area contributed by atoms with Crippen LogP contribution in [-0.2, 0) is 14.3 Å². The second kappa shape index (κ2) is 5.23. The maximum atomic E-state index is 11.7. The molecule has 0 N–H and O–H groups in total. The Labute approximate surface area is 124 Å². The summed E-state index contributed by atoms with van der Waals surface area (Å²) in [6.07, 6.45) is 2.57. The predicted octanol–water partition coefficient (Wildman–Crippen LogP) is 2.24. The van der Waals surface area contributed by atoms with Crippen molar-refractivity contribution >= 4 is 5.97 Å². The maximum Gasteiger partial charge on any atom is 0.319 e. The number of hydrogen-bond donors (Lipinski definition) is 0. The van der Waals surface area contributed by atoms with Gasteiger partial charge in [0.25, 0.3) is 0 Å². The quantitative estimate of drug-likeness (QED) is 0.452. The first kappa shape index (κ1) is 14.8. The molecule has 0 amide bonds. The van der Waals surface area contributed by atoms with E-state index in [1.165, 1.54) is 6.42 Å². The van der Waals surface area contributed by atoms with Gasteiger partial charge in [0.15, 0.2) is 0 Å². The van der Waals surface area contributed by atoms with E-state index >= 15 is 0 Å². The van der Waals surface area contributed by atoms with Gasteiger partial charge in [-0.25, -0.2) is 0 Å². The molecule has 0 aromatic heterocycles. The van der Waals surface area contributed by atoms with Crippen LogP contribution >= 0.6 is 0 Å². The number of cyclic esters (lactones) is 1. The van der Waals surface area contributed by atoms with E-state index in [2.05, 4.69) is 20.8 Å². The first-order chi connectivity index (χ1) is 9.90. The molecule has 0 unspecified atom stereocenters. The molecule has 3 rings (SSSR count). The lowest BCUT2D eigenvalue weighted by atomic mass is 9.75. The Kier molecular flexibility index (Phi) is 3.67. The first-order valence-electron chi connectivity index (χ1n) is 7.89. The van der Waals surface area contributed by atoms with Crippen LogP contribution in [-0.4, -0.2) is 29.3 Å². The number of carbonyl (C=O) groups excluding carboxylic acids is 1. The maximum absolute atomic E-state index is 11.7. The van der Waals surface area contributed by atoms with Crippen molar-refractivity contribution in [3.63, 3.8) is 0 Å². The van der Waals surface area contributed by atoms with Gasteiger partial charge in [0.2, 0.25) is 12.3 Å². The summed E-state index contributed by atoms with van der Waals surface area (Å²) in [7, 11) is 0. The highest BCUT2D eigenvalue weighted by Gasteiger charge is 2.75. The molecular weight excluding hydrogens is 274 g/mol. The van der Waals surface area contributed by atoms with Gasteiger partial charge >= 0.3 is 5.97 Å². The van der Waals surface area contributed by atoms with Crippen molar-refractivity contribution in [2.75, 3.05) is 0 Å². The van der Waals surface area contributed by atoms with E-state index in [0.717, 1.165) is 12.8 Å². The number of esters is 1. The molecule has 6 heteroatoms. The van der Waals surface area contributed by atoms with Crippen LogP contribution < -0.4 is 0 Å². The van der Waals surface area contributed by atoms with E-state index in [1.54, 1.807) is 0 Å². The van der Waals surface area contributed by atoms with Gasteiger partial charge in [0.1, 0.15) is 11.8 Å². The topological polar surface area (TPSA) is 78.7 Å². The van der Waals surface area contributed by atoms with Crippen molar-refractivity contribution in [1.82, 2.24) is 0 Å². The lowest BCUT2D eigenvalue weighted by Gasteiger charge is -2.38. The summed E-state index contributed by atoms with van der Waals surface area (Å²) in [5, 5.41) is 10.9. The minimum atomic E-state index is -0.797. The number of fused-ring (bicyclic) bond motifs is 1. The summed E-state index contributed by atoms with van der Waals surface area (Å²) in [5.74, 6) is 0.105. The van der Waals surface area contributed by atoms with Gasteiger partial charge in [-0.05, 0) is 30.6 Å². The molecule has 0 bridgehead atoms. The van der Waals surface area contributed by atoms with Crippen LogP contribution in [0.25, 0.3) is 0 Å². The molecule has 3 fully saturated rings. The smallest absolute Gasteiger partial charge is 0.319 e. The Morgan fingerprint density at radius 3 is 2.67 bits per heavy atom. The fraction of sp³-hybridized carbons (Fsp3) is 0.933. The molecule has 118 valence electrons. The third kappa shape index (κ3) is 2.54. The van der Waals surface area contributed by atoms with E-state index in [1.807, 2.05) is 0 Å². The number of hydrogen-bond acceptors (Lipinski definition) is 5. The number of nitrogens with zero attached hydrogens (tertiary/aromatic N) is 1. The molecule has 1 aliphatic heterocycles. The van der Waals surface area contributed by atoms with Gasteiger partial charge in [0.05, 0.1) is 6.10 Å². The number of carbonyl (C=O) groups is 1. The number of rotatable bonds is 4. The van der Waals surface area contributed by atoms with Crippen molar-refractivity contribution in [3.8, 4) is 0 Å². The Hall–Kier alpha value is -1.17. The van der Waals surface area contributed by atoms with Gasteiger partial charge in [-0.1, -0.05) is 27.2 Å². The Morgan fingerprint density at radius 2 is 2.10 bits per heavy atom. The molecule has 0 radical (unpaired) electrons. The van der Waals surface area contributed by atoms with Crippen LogP contribution in [0.1, 0.15) is 40.0 Å². The summed E-state index contributed by atoms with van der Waals surface area (Å²) in [6.45, 7) is 6.56. The van der Waals surface area contributed by atoms with Crippen molar-refractivity contribution in [3.05, 3.63) is 10.1 Å². The first-order valence-corrected chi connectivity index (χ1v) is 7.89. The Bertz CT molecular complexity index is 447. The molecule has 6 nitrogen and oxygen atoms in total. The van der Waals surface area contributed by atoms with E-state index in [-0.39, 0.29) is 16.9 Å². The molecule has 1 heterocycles. The van der Waals surface area contributed by atoms with Crippen molar-refractivity contribution in [1.29, 1.82) is 0 Å².